The molecule has 0 spiro atoms. The summed E-state index contributed by atoms with van der Waals surface area (Å²) in [6, 6.07) is 0. The molecule has 1 rings (SSSR count). The fourth-order valence-electron chi connectivity index (χ4n) is 3.50. The fraction of sp³-hybridized carbons (Fsp3) is 0.909. The van der Waals surface area contributed by atoms with Gasteiger partial charge in [-0.1, -0.05) is 83.3 Å². The summed E-state index contributed by atoms with van der Waals surface area (Å²) < 4.78 is 10.9. The number of aliphatic hydroxyl groups is 3. The predicted molar refractivity (Wildman–Crippen MR) is 109 cm³/mol. The van der Waals surface area contributed by atoms with Crippen molar-refractivity contribution in [1.29, 1.82) is 0 Å². The molecule has 5 nitrogen and oxygen atoms in total. The van der Waals surface area contributed by atoms with Gasteiger partial charge in [-0.05, 0) is 12.8 Å². The van der Waals surface area contributed by atoms with E-state index in [1.807, 2.05) is 6.08 Å². The number of hydrogen-bond donors (Lipinski definition) is 3. The predicted octanol–water partition coefficient (Wildman–Crippen LogP) is 3.74. The van der Waals surface area contributed by atoms with Crippen LogP contribution in [0.25, 0.3) is 0 Å². The van der Waals surface area contributed by atoms with Crippen LogP contribution in [-0.2, 0) is 9.47 Å². The van der Waals surface area contributed by atoms with E-state index in [0.29, 0.717) is 6.61 Å². The van der Waals surface area contributed by atoms with Crippen molar-refractivity contribution in [2.45, 2.75) is 108 Å². The smallest absolute Gasteiger partial charge is 0.114 e. The lowest BCUT2D eigenvalue weighted by Crippen LogP contribution is -2.42. The van der Waals surface area contributed by atoms with Crippen molar-refractivity contribution in [1.82, 2.24) is 0 Å². The van der Waals surface area contributed by atoms with Crippen LogP contribution >= 0.6 is 0 Å². The van der Waals surface area contributed by atoms with Crippen LogP contribution in [0.4, 0.5) is 0 Å². The summed E-state index contributed by atoms with van der Waals surface area (Å²) in [6.45, 7) is 2.49. The first kappa shape index (κ1) is 24.6. The van der Waals surface area contributed by atoms with Crippen molar-refractivity contribution >= 4 is 0 Å². The maximum absolute atomic E-state index is 9.80. The highest BCUT2D eigenvalue weighted by atomic mass is 16.6. The minimum atomic E-state index is -0.998. The number of rotatable bonds is 17. The molecule has 0 aromatic heterocycles. The molecule has 0 aliphatic carbocycles. The molecule has 4 atom stereocenters. The van der Waals surface area contributed by atoms with E-state index in [9.17, 15) is 15.3 Å². The van der Waals surface area contributed by atoms with Crippen LogP contribution in [0.3, 0.4) is 0 Å². The second-order valence-corrected chi connectivity index (χ2v) is 7.71. The topological polar surface area (TPSA) is 79.2 Å². The Hall–Kier alpha value is -0.460. The average molecular weight is 387 g/mol. The zero-order valence-electron chi connectivity index (χ0n) is 17.2. The van der Waals surface area contributed by atoms with E-state index in [2.05, 4.69) is 13.0 Å². The van der Waals surface area contributed by atoms with Crippen LogP contribution in [0.5, 0.6) is 0 Å². The Morgan fingerprint density at radius 2 is 1.52 bits per heavy atom. The second-order valence-electron chi connectivity index (χ2n) is 7.71. The number of unbranched alkanes of at least 4 members (excludes halogenated alkanes) is 11. The van der Waals surface area contributed by atoms with Crippen LogP contribution < -0.4 is 0 Å². The monoisotopic (exact) mass is 386 g/mol. The third-order valence-electron chi connectivity index (χ3n) is 5.28. The Morgan fingerprint density at radius 3 is 2.04 bits per heavy atom. The zero-order valence-corrected chi connectivity index (χ0v) is 17.2. The Bertz CT molecular complexity index is 361. The lowest BCUT2D eigenvalue weighted by atomic mass is 10.1. The lowest BCUT2D eigenvalue weighted by molar-refractivity contribution is -0.0942. The summed E-state index contributed by atoms with van der Waals surface area (Å²) >= 11 is 0. The molecule has 0 aromatic carbocycles. The molecule has 1 saturated heterocycles. The van der Waals surface area contributed by atoms with Gasteiger partial charge in [0.1, 0.15) is 24.4 Å². The molecule has 1 fully saturated rings. The molecular weight excluding hydrogens is 344 g/mol. The summed E-state index contributed by atoms with van der Waals surface area (Å²) in [6.07, 6.45) is 16.8. The molecule has 0 radical (unpaired) electrons. The van der Waals surface area contributed by atoms with Gasteiger partial charge in [-0.3, -0.25) is 0 Å². The third kappa shape index (κ3) is 11.2. The molecule has 27 heavy (non-hydrogen) atoms. The van der Waals surface area contributed by atoms with Gasteiger partial charge in [0.15, 0.2) is 0 Å². The molecule has 0 amide bonds. The minimum absolute atomic E-state index is 0.0837. The van der Waals surface area contributed by atoms with Crippen molar-refractivity contribution in [3.8, 4) is 0 Å². The quantitative estimate of drug-likeness (QED) is 0.262. The number of aliphatic hydroxyl groups excluding tert-OH is 3. The highest BCUT2D eigenvalue weighted by Crippen LogP contribution is 2.19. The highest BCUT2D eigenvalue weighted by molar-refractivity contribution is 4.89. The Kier molecular flexibility index (Phi) is 15.0. The molecule has 5 heteroatoms. The van der Waals surface area contributed by atoms with E-state index in [0.717, 1.165) is 6.42 Å². The van der Waals surface area contributed by atoms with Crippen LogP contribution in [-0.4, -0.2) is 59.6 Å². The lowest BCUT2D eigenvalue weighted by Gasteiger charge is -2.23. The summed E-state index contributed by atoms with van der Waals surface area (Å²) in [5.41, 5.74) is 0. The van der Waals surface area contributed by atoms with Gasteiger partial charge in [-0.2, -0.15) is 0 Å². The Balaban J connectivity index is 1.91. The van der Waals surface area contributed by atoms with Gasteiger partial charge in [0.2, 0.25) is 0 Å². The molecule has 3 N–H and O–H groups in total. The van der Waals surface area contributed by atoms with Crippen molar-refractivity contribution in [3.05, 3.63) is 12.2 Å². The number of ether oxygens (including phenoxy) is 2. The number of hydrogen-bond acceptors (Lipinski definition) is 5. The van der Waals surface area contributed by atoms with Gasteiger partial charge < -0.3 is 24.8 Å². The Morgan fingerprint density at radius 1 is 0.926 bits per heavy atom. The molecule has 0 saturated carbocycles. The van der Waals surface area contributed by atoms with Crippen molar-refractivity contribution in [2.75, 3.05) is 19.8 Å². The Labute approximate surface area is 165 Å². The molecule has 160 valence electrons. The minimum Gasteiger partial charge on any atom is -0.394 e. The molecule has 1 heterocycles. The fourth-order valence-corrected chi connectivity index (χ4v) is 3.50. The summed E-state index contributed by atoms with van der Waals surface area (Å²) in [4.78, 5) is 0. The van der Waals surface area contributed by atoms with E-state index in [-0.39, 0.29) is 13.2 Å². The molecule has 1 aliphatic rings. The van der Waals surface area contributed by atoms with Crippen LogP contribution in [0.1, 0.15) is 84.0 Å². The first-order valence-corrected chi connectivity index (χ1v) is 11.1. The highest BCUT2D eigenvalue weighted by Gasteiger charge is 2.40. The van der Waals surface area contributed by atoms with Gasteiger partial charge in [-0.25, -0.2) is 0 Å². The zero-order chi connectivity index (χ0) is 19.7. The van der Waals surface area contributed by atoms with Gasteiger partial charge in [0.05, 0.1) is 19.8 Å². The molecule has 0 unspecified atom stereocenters. The first-order chi connectivity index (χ1) is 13.2. The van der Waals surface area contributed by atoms with E-state index in [1.54, 1.807) is 0 Å². The molecule has 0 aromatic rings. The average Bonchev–Trinajstić information content (AvgIpc) is 3.00. The third-order valence-corrected chi connectivity index (χ3v) is 5.28. The largest absolute Gasteiger partial charge is 0.394 e. The summed E-state index contributed by atoms with van der Waals surface area (Å²) in [5, 5.41) is 28.7. The normalized spacial score (nSPS) is 24.1. The molecule has 0 bridgehead atoms. The van der Waals surface area contributed by atoms with Crippen LogP contribution in [0.2, 0.25) is 0 Å². The molecule has 1 aliphatic heterocycles. The van der Waals surface area contributed by atoms with Gasteiger partial charge in [0.25, 0.3) is 0 Å². The van der Waals surface area contributed by atoms with Gasteiger partial charge in [-0.15, -0.1) is 0 Å². The van der Waals surface area contributed by atoms with E-state index < -0.39 is 24.4 Å². The van der Waals surface area contributed by atoms with Crippen LogP contribution in [0, 0.1) is 0 Å². The number of allylic oxidation sites excluding steroid dienone is 1. The maximum atomic E-state index is 9.80. The van der Waals surface area contributed by atoms with Gasteiger partial charge in [0, 0.05) is 0 Å². The maximum Gasteiger partial charge on any atom is 0.114 e. The summed E-state index contributed by atoms with van der Waals surface area (Å²) in [7, 11) is 0. The SMILES string of the molecule is CCCCCCCCCCCCC/C=C/CO[C@H](CO)[C@@H]1OC[C@H](O)[C@@H]1O. The van der Waals surface area contributed by atoms with Crippen LogP contribution in [0.15, 0.2) is 12.2 Å². The molecular formula is C22H42O5. The summed E-state index contributed by atoms with van der Waals surface area (Å²) in [5.74, 6) is 0. The van der Waals surface area contributed by atoms with E-state index in [4.69, 9.17) is 9.47 Å². The first-order valence-electron chi connectivity index (χ1n) is 11.1. The van der Waals surface area contributed by atoms with Crippen molar-refractivity contribution in [2.24, 2.45) is 0 Å². The standard InChI is InChI=1S/C22H42O5/c1-2-3-4-5-6-7-8-9-10-11-12-13-14-15-16-26-20(17-23)22-21(25)19(24)18-27-22/h14-15,19-25H,2-13,16-18H2,1H3/b15-14+/t19-,20+,21-,22-/m0/s1. The van der Waals surface area contributed by atoms with Gasteiger partial charge >= 0.3 is 0 Å². The second kappa shape index (κ2) is 16.5. The van der Waals surface area contributed by atoms with E-state index in [1.165, 1.54) is 70.6 Å². The van der Waals surface area contributed by atoms with E-state index >= 15 is 0 Å². The van der Waals surface area contributed by atoms with Crippen molar-refractivity contribution < 1.29 is 24.8 Å². The van der Waals surface area contributed by atoms with Crippen molar-refractivity contribution in [3.63, 3.8) is 0 Å².